The van der Waals surface area contributed by atoms with E-state index in [1.807, 2.05) is 6.92 Å². The predicted molar refractivity (Wildman–Crippen MR) is 123 cm³/mol. The van der Waals surface area contributed by atoms with Crippen LogP contribution in [0.25, 0.3) is 0 Å². The Labute approximate surface area is 194 Å². The Kier molecular flexibility index (Phi) is 15.7. The lowest BCUT2D eigenvalue weighted by Crippen LogP contribution is -2.42. The van der Waals surface area contributed by atoms with Gasteiger partial charge in [0.15, 0.2) is 5.96 Å². The summed E-state index contributed by atoms with van der Waals surface area (Å²) < 4.78 is 54.5. The summed E-state index contributed by atoms with van der Waals surface area (Å²) in [6.07, 6.45) is -2.19. The van der Waals surface area contributed by atoms with E-state index >= 15 is 0 Å². The number of unbranched alkanes of at least 4 members (excludes halogenated alkanes) is 1. The molecule has 0 aliphatic carbocycles. The minimum Gasteiger partial charge on any atom is -0.489 e. The van der Waals surface area contributed by atoms with Crippen molar-refractivity contribution in [2.45, 2.75) is 38.5 Å². The molecule has 0 saturated heterocycles. The van der Waals surface area contributed by atoms with Crippen LogP contribution < -0.4 is 15.4 Å². The van der Waals surface area contributed by atoms with Gasteiger partial charge in [-0.15, -0.1) is 24.0 Å². The minimum atomic E-state index is -4.39. The number of halogens is 4. The Balaban J connectivity index is 0.00000841. The average molecular weight is 547 g/mol. The third kappa shape index (κ3) is 12.4. The molecule has 0 spiro atoms. The molecule has 0 aliphatic rings. The van der Waals surface area contributed by atoms with E-state index in [4.69, 9.17) is 14.2 Å². The van der Waals surface area contributed by atoms with Crippen molar-refractivity contribution in [2.75, 3.05) is 47.1 Å². The van der Waals surface area contributed by atoms with Gasteiger partial charge in [-0.3, -0.25) is 4.99 Å². The van der Waals surface area contributed by atoms with Crippen molar-refractivity contribution in [3.63, 3.8) is 0 Å². The van der Waals surface area contributed by atoms with Gasteiger partial charge >= 0.3 is 6.18 Å². The predicted octanol–water partition coefficient (Wildman–Crippen LogP) is 4.09. The topological polar surface area (TPSA) is 64.1 Å². The van der Waals surface area contributed by atoms with E-state index in [2.05, 4.69) is 15.6 Å². The number of alkyl halides is 3. The third-order valence-electron chi connectivity index (χ3n) is 4.08. The van der Waals surface area contributed by atoms with E-state index < -0.39 is 11.7 Å². The molecular formula is C20H33F3IN3O3. The van der Waals surface area contributed by atoms with Crippen molar-refractivity contribution in [3.05, 3.63) is 29.8 Å². The van der Waals surface area contributed by atoms with Crippen molar-refractivity contribution in [1.82, 2.24) is 10.6 Å². The molecule has 0 fully saturated rings. The highest BCUT2D eigenvalue weighted by Crippen LogP contribution is 2.31. The van der Waals surface area contributed by atoms with E-state index in [1.54, 1.807) is 14.2 Å². The number of aliphatic imine (C=N–C) groups is 1. The van der Waals surface area contributed by atoms with Crippen molar-refractivity contribution in [1.29, 1.82) is 0 Å². The van der Waals surface area contributed by atoms with Gasteiger partial charge in [0, 0.05) is 27.3 Å². The van der Waals surface area contributed by atoms with Gasteiger partial charge in [0.2, 0.25) is 0 Å². The van der Waals surface area contributed by atoms with Crippen LogP contribution in [0.2, 0.25) is 0 Å². The molecule has 1 aromatic carbocycles. The van der Waals surface area contributed by atoms with Crippen LogP contribution in [0.4, 0.5) is 13.2 Å². The zero-order chi connectivity index (χ0) is 21.5. The molecule has 1 rings (SSSR count). The summed E-state index contributed by atoms with van der Waals surface area (Å²) in [6, 6.07) is 4.92. The van der Waals surface area contributed by atoms with Gasteiger partial charge in [0.1, 0.15) is 11.9 Å². The maximum absolute atomic E-state index is 12.8. The number of methoxy groups -OCH3 is 1. The SMILES string of the molecule is CCC(CNC(=NC)NCCCCOCCOC)Oc1cccc(C(F)(F)F)c1.I. The molecule has 10 heteroatoms. The van der Waals surface area contributed by atoms with Crippen LogP contribution in [0, 0.1) is 0 Å². The van der Waals surface area contributed by atoms with Gasteiger partial charge in [0.25, 0.3) is 0 Å². The van der Waals surface area contributed by atoms with Crippen molar-refractivity contribution >= 4 is 29.9 Å². The van der Waals surface area contributed by atoms with Gasteiger partial charge in [0.05, 0.1) is 25.3 Å². The molecule has 0 saturated carbocycles. The Hall–Kier alpha value is -1.27. The third-order valence-corrected chi connectivity index (χ3v) is 4.08. The first kappa shape index (κ1) is 28.7. The number of rotatable bonds is 13. The average Bonchev–Trinajstić information content (AvgIpc) is 2.70. The van der Waals surface area contributed by atoms with Crippen molar-refractivity contribution < 1.29 is 27.4 Å². The van der Waals surface area contributed by atoms with E-state index in [0.717, 1.165) is 31.5 Å². The molecule has 1 atom stereocenters. The Morgan fingerprint density at radius 1 is 1.13 bits per heavy atom. The second kappa shape index (κ2) is 16.4. The van der Waals surface area contributed by atoms with Crippen LogP contribution in [0.15, 0.2) is 29.3 Å². The molecule has 1 unspecified atom stereocenters. The zero-order valence-corrected chi connectivity index (χ0v) is 20.1. The summed E-state index contributed by atoms with van der Waals surface area (Å²) in [6.45, 7) is 4.94. The van der Waals surface area contributed by atoms with Crippen molar-refractivity contribution in [2.24, 2.45) is 4.99 Å². The zero-order valence-electron chi connectivity index (χ0n) is 17.8. The monoisotopic (exact) mass is 547 g/mol. The normalized spacial score (nSPS) is 12.8. The number of ether oxygens (including phenoxy) is 3. The molecule has 0 aliphatic heterocycles. The number of hydrogen-bond donors (Lipinski definition) is 2. The molecule has 0 radical (unpaired) electrons. The lowest BCUT2D eigenvalue weighted by molar-refractivity contribution is -0.137. The van der Waals surface area contributed by atoms with Gasteiger partial charge in [-0.1, -0.05) is 13.0 Å². The molecule has 0 heterocycles. The highest BCUT2D eigenvalue weighted by molar-refractivity contribution is 14.0. The summed E-state index contributed by atoms with van der Waals surface area (Å²) in [7, 11) is 3.30. The largest absolute Gasteiger partial charge is 0.489 e. The molecular weight excluding hydrogens is 514 g/mol. The first-order valence-corrected chi connectivity index (χ1v) is 9.75. The van der Waals surface area contributed by atoms with Gasteiger partial charge in [-0.2, -0.15) is 13.2 Å². The lowest BCUT2D eigenvalue weighted by Gasteiger charge is -2.20. The maximum atomic E-state index is 12.8. The number of benzene rings is 1. The Morgan fingerprint density at radius 2 is 1.90 bits per heavy atom. The summed E-state index contributed by atoms with van der Waals surface area (Å²) in [4.78, 5) is 4.15. The number of nitrogens with one attached hydrogen (secondary N) is 2. The van der Waals surface area contributed by atoms with Crippen LogP contribution in [0.5, 0.6) is 5.75 Å². The van der Waals surface area contributed by atoms with Crippen LogP contribution in [0.1, 0.15) is 31.7 Å². The van der Waals surface area contributed by atoms with Crippen LogP contribution in [-0.4, -0.2) is 59.1 Å². The highest BCUT2D eigenvalue weighted by atomic mass is 127. The molecule has 2 N–H and O–H groups in total. The Bertz CT molecular complexity index is 604. The van der Waals surface area contributed by atoms with E-state index in [9.17, 15) is 13.2 Å². The van der Waals surface area contributed by atoms with Crippen LogP contribution >= 0.6 is 24.0 Å². The molecule has 1 aromatic rings. The molecule has 0 amide bonds. The molecule has 0 bridgehead atoms. The first-order valence-electron chi connectivity index (χ1n) is 9.75. The number of guanidine groups is 1. The fourth-order valence-corrected chi connectivity index (χ4v) is 2.42. The van der Waals surface area contributed by atoms with E-state index in [1.165, 1.54) is 12.1 Å². The quantitative estimate of drug-likeness (QED) is 0.169. The molecule has 174 valence electrons. The van der Waals surface area contributed by atoms with Crippen LogP contribution in [0.3, 0.4) is 0 Å². The summed E-state index contributed by atoms with van der Waals surface area (Å²) in [5.41, 5.74) is -0.721. The smallest absolute Gasteiger partial charge is 0.416 e. The second-order valence-electron chi connectivity index (χ2n) is 6.37. The maximum Gasteiger partial charge on any atom is 0.416 e. The number of nitrogens with zero attached hydrogens (tertiary/aromatic N) is 1. The fraction of sp³-hybridized carbons (Fsp3) is 0.650. The highest BCUT2D eigenvalue weighted by Gasteiger charge is 2.30. The standard InChI is InChI=1S/C20H32F3N3O3.HI/c1-4-17(29-18-9-7-8-16(14-18)20(21,22)23)15-26-19(24-2)25-10-5-6-11-28-13-12-27-3;/h7-9,14,17H,4-6,10-13,15H2,1-3H3,(H2,24,25,26);1H. The lowest BCUT2D eigenvalue weighted by atomic mass is 10.2. The number of hydrogen-bond acceptors (Lipinski definition) is 4. The second-order valence-corrected chi connectivity index (χ2v) is 6.37. The molecule has 0 aromatic heterocycles. The van der Waals surface area contributed by atoms with Gasteiger partial charge < -0.3 is 24.8 Å². The summed E-state index contributed by atoms with van der Waals surface area (Å²) >= 11 is 0. The summed E-state index contributed by atoms with van der Waals surface area (Å²) in [5.74, 6) is 0.821. The molecule has 30 heavy (non-hydrogen) atoms. The van der Waals surface area contributed by atoms with Gasteiger partial charge in [-0.25, -0.2) is 0 Å². The Morgan fingerprint density at radius 3 is 2.53 bits per heavy atom. The van der Waals surface area contributed by atoms with Crippen molar-refractivity contribution in [3.8, 4) is 5.75 Å². The summed E-state index contributed by atoms with van der Waals surface area (Å²) in [5, 5.41) is 6.35. The minimum absolute atomic E-state index is 0. The molecule has 6 nitrogen and oxygen atoms in total. The fourth-order valence-electron chi connectivity index (χ4n) is 2.42. The van der Waals surface area contributed by atoms with Gasteiger partial charge in [-0.05, 0) is 37.5 Å². The van der Waals surface area contributed by atoms with Crippen LogP contribution in [-0.2, 0) is 15.7 Å². The van der Waals surface area contributed by atoms with E-state index in [-0.39, 0.29) is 35.8 Å². The van der Waals surface area contributed by atoms with E-state index in [0.29, 0.717) is 38.7 Å². The first-order chi connectivity index (χ1) is 13.9.